The zero-order chi connectivity index (χ0) is 22.2. The van der Waals surface area contributed by atoms with Crippen LogP contribution in [0, 0.1) is 5.82 Å². The minimum absolute atomic E-state index is 0. The highest BCUT2D eigenvalue weighted by atomic mass is 35.5. The molecule has 6 nitrogen and oxygen atoms in total. The first-order valence-electron chi connectivity index (χ1n) is 10.3. The Labute approximate surface area is 199 Å². The number of halogens is 3. The van der Waals surface area contributed by atoms with Gasteiger partial charge in [0.1, 0.15) is 5.82 Å². The van der Waals surface area contributed by atoms with Crippen molar-refractivity contribution in [3.63, 3.8) is 0 Å². The van der Waals surface area contributed by atoms with Crippen molar-refractivity contribution in [2.45, 2.75) is 36.6 Å². The lowest BCUT2D eigenvalue weighted by molar-refractivity contribution is 0.184. The maximum absolute atomic E-state index is 13.3. The van der Waals surface area contributed by atoms with Gasteiger partial charge in [0.25, 0.3) is 0 Å². The van der Waals surface area contributed by atoms with Gasteiger partial charge in [0.05, 0.1) is 24.1 Å². The van der Waals surface area contributed by atoms with Crippen molar-refractivity contribution in [1.29, 1.82) is 0 Å². The van der Waals surface area contributed by atoms with Crippen LogP contribution in [0.15, 0.2) is 29.2 Å². The summed E-state index contributed by atoms with van der Waals surface area (Å²) in [5, 5.41) is -0.209. The van der Waals surface area contributed by atoms with Crippen molar-refractivity contribution < 1.29 is 22.3 Å². The Morgan fingerprint density at radius 1 is 1.22 bits per heavy atom. The third kappa shape index (κ3) is 4.70. The molecule has 0 amide bonds. The van der Waals surface area contributed by atoms with Crippen molar-refractivity contribution in [3.8, 4) is 11.5 Å². The number of methoxy groups -OCH3 is 2. The molecular weight excluding hydrogens is 478 g/mol. The fourth-order valence-corrected chi connectivity index (χ4v) is 6.05. The van der Waals surface area contributed by atoms with Crippen molar-refractivity contribution in [2.75, 3.05) is 33.9 Å². The summed E-state index contributed by atoms with van der Waals surface area (Å²) in [6.45, 7) is 2.00. The van der Waals surface area contributed by atoms with E-state index in [0.717, 1.165) is 56.0 Å². The maximum Gasteiger partial charge on any atom is 0.240 e. The highest BCUT2D eigenvalue weighted by Gasteiger charge is 2.36. The molecule has 1 N–H and O–H groups in total. The van der Waals surface area contributed by atoms with Gasteiger partial charge < -0.3 is 9.47 Å². The minimum atomic E-state index is -3.73. The highest BCUT2D eigenvalue weighted by molar-refractivity contribution is 7.89. The average molecular weight is 505 g/mol. The largest absolute Gasteiger partial charge is 0.493 e. The predicted molar refractivity (Wildman–Crippen MR) is 124 cm³/mol. The number of ether oxygens (including phenoxy) is 2. The molecule has 1 atom stereocenters. The molecule has 1 aliphatic carbocycles. The molecule has 0 aromatic heterocycles. The standard InChI is InChI=1S/C22H26ClFN2O4S.ClH/c1-29-20-12-14-8-11-26(19-7-5-16(21(14)19)22(20)30-2)10-3-9-25-31(27,28)15-4-6-18(24)17(23)13-15;/h4,6,12-13,19,25H,3,5,7-11H2,1-2H3;1H. The van der Waals surface area contributed by atoms with Crippen LogP contribution in [-0.4, -0.2) is 47.2 Å². The molecule has 0 saturated carbocycles. The van der Waals surface area contributed by atoms with Crippen molar-refractivity contribution in [3.05, 3.63) is 51.8 Å². The van der Waals surface area contributed by atoms with Crippen molar-refractivity contribution >= 4 is 34.0 Å². The number of hydrogen-bond acceptors (Lipinski definition) is 5. The Morgan fingerprint density at radius 3 is 2.69 bits per heavy atom. The lowest BCUT2D eigenvalue weighted by Gasteiger charge is -2.35. The second-order valence-electron chi connectivity index (χ2n) is 7.83. The second kappa shape index (κ2) is 10.1. The van der Waals surface area contributed by atoms with Crippen LogP contribution in [0.2, 0.25) is 5.02 Å². The smallest absolute Gasteiger partial charge is 0.240 e. The van der Waals surface area contributed by atoms with E-state index in [-0.39, 0.29) is 22.3 Å². The summed E-state index contributed by atoms with van der Waals surface area (Å²) in [5.41, 5.74) is 3.91. The SMILES string of the molecule is COc1cc2c3c(c1OC)CCC3N(CCCNS(=O)(=O)c1ccc(F)c(Cl)c1)CC2.Cl. The number of benzene rings is 2. The number of nitrogens with zero attached hydrogens (tertiary/aromatic N) is 1. The van der Waals surface area contributed by atoms with E-state index in [4.69, 9.17) is 21.1 Å². The van der Waals surface area contributed by atoms with Gasteiger partial charge in [0, 0.05) is 31.2 Å². The average Bonchev–Trinajstić information content (AvgIpc) is 3.20. The van der Waals surface area contributed by atoms with E-state index in [1.165, 1.54) is 22.8 Å². The van der Waals surface area contributed by atoms with Gasteiger partial charge >= 0.3 is 0 Å². The Hall–Kier alpha value is -1.58. The third-order valence-corrected chi connectivity index (χ3v) is 7.87. The molecule has 4 rings (SSSR count). The minimum Gasteiger partial charge on any atom is -0.493 e. The van der Waals surface area contributed by atoms with Gasteiger partial charge in [-0.1, -0.05) is 11.6 Å². The Morgan fingerprint density at radius 2 is 2.00 bits per heavy atom. The third-order valence-electron chi connectivity index (χ3n) is 6.12. The highest BCUT2D eigenvalue weighted by Crippen LogP contribution is 2.48. The first-order valence-corrected chi connectivity index (χ1v) is 12.2. The van der Waals surface area contributed by atoms with Crippen LogP contribution < -0.4 is 14.2 Å². The van der Waals surface area contributed by atoms with Crippen LogP contribution in [0.3, 0.4) is 0 Å². The fraction of sp³-hybridized carbons (Fsp3) is 0.455. The lowest BCUT2D eigenvalue weighted by atomic mass is 9.92. The Kier molecular flexibility index (Phi) is 7.93. The molecule has 0 bridgehead atoms. The van der Waals surface area contributed by atoms with E-state index < -0.39 is 15.8 Å². The number of nitrogens with one attached hydrogen (secondary N) is 1. The normalized spacial score (nSPS) is 17.6. The first kappa shape index (κ1) is 25.1. The zero-order valence-electron chi connectivity index (χ0n) is 18.0. The van der Waals surface area contributed by atoms with Crippen molar-refractivity contribution in [2.24, 2.45) is 0 Å². The van der Waals surface area contributed by atoms with E-state index in [1.54, 1.807) is 14.2 Å². The number of sulfonamides is 1. The van der Waals surface area contributed by atoms with E-state index in [9.17, 15) is 12.8 Å². The number of rotatable bonds is 8. The van der Waals surface area contributed by atoms with Crippen LogP contribution in [0.4, 0.5) is 4.39 Å². The van der Waals surface area contributed by atoms with Crippen LogP contribution in [-0.2, 0) is 22.9 Å². The van der Waals surface area contributed by atoms with E-state index >= 15 is 0 Å². The van der Waals surface area contributed by atoms with Gasteiger partial charge in [0.15, 0.2) is 11.5 Å². The Balaban J connectivity index is 0.00000289. The quantitative estimate of drug-likeness (QED) is 0.547. The molecule has 2 aromatic rings. The molecule has 2 aromatic carbocycles. The molecule has 32 heavy (non-hydrogen) atoms. The van der Waals surface area contributed by atoms with E-state index in [0.29, 0.717) is 19.0 Å². The van der Waals surface area contributed by atoms with Gasteiger partial charge in [-0.15, -0.1) is 12.4 Å². The van der Waals surface area contributed by atoms with Crippen LogP contribution in [0.25, 0.3) is 0 Å². The number of hydrogen-bond donors (Lipinski definition) is 1. The summed E-state index contributed by atoms with van der Waals surface area (Å²) in [7, 11) is -0.385. The van der Waals surface area contributed by atoms with Crippen LogP contribution >= 0.6 is 24.0 Å². The molecule has 1 unspecified atom stereocenters. The summed E-state index contributed by atoms with van der Waals surface area (Å²) in [5.74, 6) is 0.980. The van der Waals surface area contributed by atoms with Crippen molar-refractivity contribution in [1.82, 2.24) is 9.62 Å². The molecule has 0 radical (unpaired) electrons. The molecule has 0 fully saturated rings. The van der Waals surface area contributed by atoms with Crippen LogP contribution in [0.5, 0.6) is 11.5 Å². The fourth-order valence-electron chi connectivity index (χ4n) is 4.71. The van der Waals surface area contributed by atoms with Gasteiger partial charge in [-0.05, 0) is 61.1 Å². The molecule has 1 aliphatic heterocycles. The maximum atomic E-state index is 13.3. The van der Waals surface area contributed by atoms with Crippen LogP contribution in [0.1, 0.15) is 35.6 Å². The summed E-state index contributed by atoms with van der Waals surface area (Å²) in [6.07, 6.45) is 3.56. The lowest BCUT2D eigenvalue weighted by Crippen LogP contribution is -2.36. The van der Waals surface area contributed by atoms with E-state index in [2.05, 4.69) is 15.7 Å². The van der Waals surface area contributed by atoms with Gasteiger partial charge in [-0.25, -0.2) is 17.5 Å². The summed E-state index contributed by atoms with van der Waals surface area (Å²) in [4.78, 5) is 2.39. The molecule has 0 saturated heterocycles. The molecule has 1 heterocycles. The molecule has 176 valence electrons. The van der Waals surface area contributed by atoms with Gasteiger partial charge in [0.2, 0.25) is 10.0 Å². The molecule has 10 heteroatoms. The van der Waals surface area contributed by atoms with Gasteiger partial charge in [-0.2, -0.15) is 0 Å². The molecule has 0 spiro atoms. The summed E-state index contributed by atoms with van der Waals surface area (Å²) in [6, 6.07) is 5.82. The first-order chi connectivity index (χ1) is 14.9. The zero-order valence-corrected chi connectivity index (χ0v) is 20.4. The topological polar surface area (TPSA) is 67.9 Å². The monoisotopic (exact) mass is 504 g/mol. The second-order valence-corrected chi connectivity index (χ2v) is 10.0. The summed E-state index contributed by atoms with van der Waals surface area (Å²) < 4.78 is 51.9. The Bertz CT molecular complexity index is 1100. The molecule has 2 aliphatic rings. The van der Waals surface area contributed by atoms with E-state index in [1.807, 2.05) is 0 Å². The molecular formula is C22H27Cl2FN2O4S. The van der Waals surface area contributed by atoms with Gasteiger partial charge in [-0.3, -0.25) is 4.90 Å². The summed E-state index contributed by atoms with van der Waals surface area (Å²) >= 11 is 5.71. The predicted octanol–water partition coefficient (Wildman–Crippen LogP) is 4.13.